The maximum Gasteiger partial charge on any atom is 0.414 e. The highest BCUT2D eigenvalue weighted by Crippen LogP contribution is 2.33. The van der Waals surface area contributed by atoms with Crippen LogP contribution >= 0.6 is 0 Å². The van der Waals surface area contributed by atoms with Crippen LogP contribution in [0.2, 0.25) is 0 Å². The van der Waals surface area contributed by atoms with Gasteiger partial charge in [-0.3, -0.25) is 19.8 Å². The van der Waals surface area contributed by atoms with Crippen molar-refractivity contribution in [3.63, 3.8) is 0 Å². The number of amides is 2. The van der Waals surface area contributed by atoms with Crippen molar-refractivity contribution < 1.29 is 24.2 Å². The summed E-state index contributed by atoms with van der Waals surface area (Å²) in [5.41, 5.74) is -1.49. The van der Waals surface area contributed by atoms with Gasteiger partial charge in [-0.15, -0.1) is 0 Å². The molecule has 2 amide bonds. The van der Waals surface area contributed by atoms with Crippen LogP contribution < -0.4 is 5.32 Å². The maximum atomic E-state index is 13.4. The Morgan fingerprint density at radius 3 is 2.17 bits per heavy atom. The number of hydrogen-bond acceptors (Lipinski definition) is 5. The van der Waals surface area contributed by atoms with Gasteiger partial charge in [-0.05, 0) is 46.5 Å². The van der Waals surface area contributed by atoms with Crippen LogP contribution in [0.25, 0.3) is 0 Å². The highest BCUT2D eigenvalue weighted by molar-refractivity contribution is 6.11. The molecule has 1 rings (SSSR count). The summed E-state index contributed by atoms with van der Waals surface area (Å²) >= 11 is 0. The Balaban J connectivity index is 2.99. The largest absolute Gasteiger partial charge is 0.481 e. The smallest absolute Gasteiger partial charge is 0.414 e. The van der Waals surface area contributed by atoms with Crippen molar-refractivity contribution in [2.75, 3.05) is 6.54 Å². The molecule has 0 spiro atoms. The number of rotatable bonds is 12. The standard InChI is InChI=1S/C22H39N3O5/c1-6-8-14-22(15-9-7-2)18(28)25(16-12-10-11-13-17(26)27)19(24-22)23-20(29)30-21(3,4)5/h6-16H2,1-5H3,(H,26,27)(H,23,24,29). The van der Waals surface area contributed by atoms with Crippen molar-refractivity contribution in [3.05, 3.63) is 0 Å². The topological polar surface area (TPSA) is 108 Å². The lowest BCUT2D eigenvalue weighted by Crippen LogP contribution is -2.48. The number of aliphatic carboxylic acids is 1. The number of unbranched alkanes of at least 4 members (excludes halogenated alkanes) is 4. The van der Waals surface area contributed by atoms with Gasteiger partial charge in [0.25, 0.3) is 5.91 Å². The van der Waals surface area contributed by atoms with E-state index in [-0.39, 0.29) is 18.3 Å². The molecule has 1 heterocycles. The van der Waals surface area contributed by atoms with E-state index in [1.165, 1.54) is 0 Å². The summed E-state index contributed by atoms with van der Waals surface area (Å²) < 4.78 is 5.35. The minimum absolute atomic E-state index is 0.0753. The van der Waals surface area contributed by atoms with Crippen molar-refractivity contribution in [3.8, 4) is 0 Å². The van der Waals surface area contributed by atoms with E-state index in [4.69, 9.17) is 14.8 Å². The Hall–Kier alpha value is -2.12. The van der Waals surface area contributed by atoms with Gasteiger partial charge in [-0.25, -0.2) is 9.79 Å². The predicted molar refractivity (Wildman–Crippen MR) is 116 cm³/mol. The second-order valence-electron chi connectivity index (χ2n) is 8.96. The lowest BCUT2D eigenvalue weighted by atomic mass is 9.87. The van der Waals surface area contributed by atoms with E-state index >= 15 is 0 Å². The number of aliphatic imine (C=N–C) groups is 1. The second-order valence-corrected chi connectivity index (χ2v) is 8.96. The van der Waals surface area contributed by atoms with E-state index in [1.807, 2.05) is 0 Å². The van der Waals surface area contributed by atoms with E-state index < -0.39 is 23.2 Å². The van der Waals surface area contributed by atoms with Crippen LogP contribution in [0, 0.1) is 0 Å². The average molecular weight is 426 g/mol. The normalized spacial score (nSPS) is 15.8. The molecule has 0 aromatic rings. The Morgan fingerprint density at radius 2 is 1.67 bits per heavy atom. The molecule has 0 bridgehead atoms. The van der Waals surface area contributed by atoms with Crippen LogP contribution in [0.1, 0.15) is 98.8 Å². The number of carboxylic acid groups (broad SMARTS) is 1. The molecule has 8 heteroatoms. The molecule has 0 saturated carbocycles. The van der Waals surface area contributed by atoms with Crippen molar-refractivity contribution in [2.45, 2.75) is 110 Å². The van der Waals surface area contributed by atoms with Crippen molar-refractivity contribution in [1.82, 2.24) is 10.2 Å². The van der Waals surface area contributed by atoms with Crippen LogP contribution in [0.4, 0.5) is 4.79 Å². The summed E-state index contributed by atoms with van der Waals surface area (Å²) in [6, 6.07) is 0. The first kappa shape index (κ1) is 25.9. The fourth-order valence-electron chi connectivity index (χ4n) is 3.47. The van der Waals surface area contributed by atoms with Gasteiger partial charge in [0.1, 0.15) is 11.1 Å². The van der Waals surface area contributed by atoms with Crippen molar-refractivity contribution >= 4 is 23.9 Å². The minimum Gasteiger partial charge on any atom is -0.481 e. The van der Waals surface area contributed by atoms with Crippen LogP contribution in [0.3, 0.4) is 0 Å². The van der Waals surface area contributed by atoms with Gasteiger partial charge >= 0.3 is 12.1 Å². The molecule has 0 fully saturated rings. The van der Waals surface area contributed by atoms with Gasteiger partial charge in [0.05, 0.1) is 0 Å². The monoisotopic (exact) mass is 425 g/mol. The van der Waals surface area contributed by atoms with Crippen LogP contribution in [0.15, 0.2) is 4.99 Å². The summed E-state index contributed by atoms with van der Waals surface area (Å²) in [4.78, 5) is 42.7. The first-order valence-corrected chi connectivity index (χ1v) is 11.2. The summed E-state index contributed by atoms with van der Waals surface area (Å²) in [6.45, 7) is 9.89. The molecule has 2 N–H and O–H groups in total. The SMILES string of the molecule is CCCCC1(CCCC)N=C(NC(=O)OC(C)(C)C)N(CCCCCC(=O)O)C1=O. The first-order valence-electron chi connectivity index (χ1n) is 11.2. The number of carboxylic acids is 1. The summed E-state index contributed by atoms with van der Waals surface area (Å²) in [5.74, 6) is -0.646. The number of nitrogens with one attached hydrogen (secondary N) is 1. The zero-order valence-electron chi connectivity index (χ0n) is 19.3. The molecule has 8 nitrogen and oxygen atoms in total. The van der Waals surface area contributed by atoms with Crippen molar-refractivity contribution in [2.24, 2.45) is 4.99 Å². The van der Waals surface area contributed by atoms with Gasteiger partial charge < -0.3 is 9.84 Å². The Labute approximate surface area is 180 Å². The van der Waals surface area contributed by atoms with E-state index in [2.05, 4.69) is 19.2 Å². The van der Waals surface area contributed by atoms with E-state index in [1.54, 1.807) is 25.7 Å². The van der Waals surface area contributed by atoms with E-state index in [0.29, 0.717) is 38.6 Å². The number of ether oxygens (including phenoxy) is 1. The molecular formula is C22H39N3O5. The molecule has 0 radical (unpaired) electrons. The molecular weight excluding hydrogens is 386 g/mol. The Kier molecular flexibility index (Phi) is 10.3. The van der Waals surface area contributed by atoms with Gasteiger partial charge in [-0.1, -0.05) is 46.0 Å². The van der Waals surface area contributed by atoms with Crippen LogP contribution in [-0.4, -0.2) is 51.6 Å². The number of guanidine groups is 1. The first-order chi connectivity index (χ1) is 14.0. The zero-order chi connectivity index (χ0) is 22.8. The number of alkyl carbamates (subject to hydrolysis) is 1. The molecule has 1 aliphatic heterocycles. The third kappa shape index (κ3) is 8.32. The van der Waals surface area contributed by atoms with Crippen LogP contribution in [0.5, 0.6) is 0 Å². The molecule has 0 aromatic carbocycles. The molecule has 1 aliphatic rings. The fourth-order valence-corrected chi connectivity index (χ4v) is 3.47. The summed E-state index contributed by atoms with van der Waals surface area (Å²) in [5, 5.41) is 11.5. The molecule has 0 unspecified atom stereocenters. The number of carbonyl (C=O) groups is 3. The summed E-state index contributed by atoms with van der Waals surface area (Å²) in [7, 11) is 0. The molecule has 0 saturated heterocycles. The number of nitrogens with zero attached hydrogens (tertiary/aromatic N) is 2. The molecule has 0 atom stereocenters. The Bertz CT molecular complexity index is 617. The second kappa shape index (κ2) is 11.9. The van der Waals surface area contributed by atoms with Crippen molar-refractivity contribution in [1.29, 1.82) is 0 Å². The van der Waals surface area contributed by atoms with E-state index in [0.717, 1.165) is 25.7 Å². The quantitative estimate of drug-likeness (QED) is 0.448. The fraction of sp³-hybridized carbons (Fsp3) is 0.818. The molecule has 172 valence electrons. The van der Waals surface area contributed by atoms with Gasteiger partial charge in [-0.2, -0.15) is 0 Å². The lowest BCUT2D eigenvalue weighted by Gasteiger charge is -2.26. The highest BCUT2D eigenvalue weighted by atomic mass is 16.6. The molecule has 0 aromatic heterocycles. The Morgan fingerprint density at radius 1 is 1.07 bits per heavy atom. The average Bonchev–Trinajstić information content (AvgIpc) is 2.88. The van der Waals surface area contributed by atoms with Crippen LogP contribution in [-0.2, 0) is 14.3 Å². The van der Waals surface area contributed by atoms with Gasteiger partial charge in [0.2, 0.25) is 5.96 Å². The number of carbonyl (C=O) groups excluding carboxylic acids is 2. The minimum atomic E-state index is -0.836. The third-order valence-electron chi connectivity index (χ3n) is 4.99. The third-order valence-corrected chi connectivity index (χ3v) is 4.99. The maximum absolute atomic E-state index is 13.4. The highest BCUT2D eigenvalue weighted by Gasteiger charge is 2.47. The summed E-state index contributed by atoms with van der Waals surface area (Å²) in [6.07, 6.45) is 6.35. The lowest BCUT2D eigenvalue weighted by molar-refractivity contribution is -0.137. The van der Waals surface area contributed by atoms with Gasteiger partial charge in [0, 0.05) is 13.0 Å². The van der Waals surface area contributed by atoms with E-state index in [9.17, 15) is 14.4 Å². The molecule has 30 heavy (non-hydrogen) atoms. The van der Waals surface area contributed by atoms with Gasteiger partial charge in [0.15, 0.2) is 0 Å². The number of hydrogen-bond donors (Lipinski definition) is 2. The zero-order valence-corrected chi connectivity index (χ0v) is 19.3. The molecule has 0 aliphatic carbocycles. The predicted octanol–water partition coefficient (Wildman–Crippen LogP) is 4.47.